The van der Waals surface area contributed by atoms with E-state index in [4.69, 9.17) is 45.1 Å². The zero-order valence-electron chi connectivity index (χ0n) is 84.7. The molecule has 145 heavy (non-hydrogen) atoms. The van der Waals surface area contributed by atoms with Crippen molar-refractivity contribution in [3.63, 3.8) is 0 Å². The van der Waals surface area contributed by atoms with Gasteiger partial charge in [-0.3, -0.25) is 0 Å². The van der Waals surface area contributed by atoms with Crippen LogP contribution in [0.5, 0.6) is 0 Å². The summed E-state index contributed by atoms with van der Waals surface area (Å²) in [5, 5.41) is 28.0. The molecule has 1 aliphatic rings. The maximum atomic E-state index is 14.5. The Bertz CT molecular complexity index is 7210. The fraction of sp³-hybridized carbons (Fsp3) is 0.333. The van der Waals surface area contributed by atoms with Gasteiger partial charge in [0, 0.05) is 164 Å². The van der Waals surface area contributed by atoms with Crippen LogP contribution in [-0.2, 0) is 66.9 Å². The Kier molecular flexibility index (Phi) is 36.1. The molecule has 17 aromatic rings. The van der Waals surface area contributed by atoms with Crippen molar-refractivity contribution < 1.29 is 70.4 Å². The van der Waals surface area contributed by atoms with Gasteiger partial charge >= 0.3 is 35.8 Å². The van der Waals surface area contributed by atoms with Crippen LogP contribution >= 0.6 is 11.6 Å². The summed E-state index contributed by atoms with van der Waals surface area (Å²) in [6.45, 7) is 24.4. The van der Waals surface area contributed by atoms with Crippen molar-refractivity contribution in [2.45, 2.75) is 160 Å². The maximum Gasteiger partial charge on any atom is 0.357 e. The number of nitrogens with zero attached hydrogens (tertiary/aromatic N) is 21. The van der Waals surface area contributed by atoms with Gasteiger partial charge in [0.05, 0.1) is 78.8 Å². The molecule has 0 aliphatic heterocycles. The lowest BCUT2D eigenvalue weighted by atomic mass is 9.87. The molecule has 33 nitrogen and oxygen atoms in total. The molecule has 0 radical (unpaired) electrons. The smallest absolute Gasteiger partial charge is 0.357 e. The van der Waals surface area contributed by atoms with Crippen LogP contribution in [0.25, 0.3) is 90.2 Å². The van der Waals surface area contributed by atoms with Gasteiger partial charge in [0.1, 0.15) is 17.5 Å². The minimum absolute atomic E-state index is 0.228. The van der Waals surface area contributed by atoms with Gasteiger partial charge in [-0.2, -0.15) is 30.6 Å². The quantitative estimate of drug-likeness (QED) is 0.0341. The predicted molar refractivity (Wildman–Crippen MR) is 551 cm³/mol. The van der Waals surface area contributed by atoms with Gasteiger partial charge in [-0.15, -0.1) is 0 Å². The Morgan fingerprint density at radius 3 is 0.848 bits per heavy atom. The highest BCUT2D eigenvalue weighted by molar-refractivity contribution is 6.33. The summed E-state index contributed by atoms with van der Waals surface area (Å²) in [4.78, 5) is 104. The third kappa shape index (κ3) is 25.2. The van der Waals surface area contributed by atoms with Crippen molar-refractivity contribution in [3.05, 3.63) is 278 Å². The molecule has 12 heterocycles. The lowest BCUT2D eigenvalue weighted by molar-refractivity contribution is 0.0510. The van der Waals surface area contributed by atoms with Crippen LogP contribution in [0.15, 0.2) is 182 Å². The van der Waals surface area contributed by atoms with Crippen LogP contribution in [-0.4, -0.2) is 205 Å². The van der Waals surface area contributed by atoms with Crippen molar-refractivity contribution in [2.75, 3.05) is 96.6 Å². The summed E-state index contributed by atoms with van der Waals surface area (Å²) in [6, 6.07) is 53.1. The molecule has 18 rings (SSSR count). The molecule has 0 bridgehead atoms. The molecule has 1 fully saturated rings. The SMILES string of the molecule is CCOC(=O)c1cc(CC)n2nc(-c3ccc(N(C)C)cc3)cc2n1.CCOC(=O)c1cc(CC)n2nc(-c3ccc(N(C)C)cc3F)cc2n1.CCOC(=O)c1cc(CC)n2nc(-c3ccc(N(C)C)cc3F)cc2n1.CCOC(=O)c1cc(CC)n2nc(-c3ccccc3Cl)cc2n1.CCOC(=O)c1cc(CC)n2nc(-c3ccccc3F)cc2n1.CCOC(=O)c1cc(CC)n2nc(C3CCCCC3)cc2n1. The maximum absolute atomic E-state index is 14.5. The Hall–Kier alpha value is -15.9. The molecular formula is C108H119ClF3N21O12. The van der Waals surface area contributed by atoms with E-state index in [-0.39, 0.29) is 60.3 Å². The lowest BCUT2D eigenvalue weighted by Gasteiger charge is -2.19. The predicted octanol–water partition coefficient (Wildman–Crippen LogP) is 20.5. The molecular weight excluding hydrogens is 1880 g/mol. The number of hydrogen-bond donors (Lipinski definition) is 0. The number of rotatable bonds is 27. The molecule has 0 N–H and O–H groups in total. The van der Waals surface area contributed by atoms with E-state index in [9.17, 15) is 41.9 Å². The summed E-state index contributed by atoms with van der Waals surface area (Å²) in [6.07, 6.45) is 10.5. The van der Waals surface area contributed by atoms with Gasteiger partial charge in [0.2, 0.25) is 0 Å². The minimum atomic E-state index is -0.478. The summed E-state index contributed by atoms with van der Waals surface area (Å²) in [5.74, 6) is -3.15. The number of benzene rings is 5. The topological polar surface area (TPSA) is 349 Å². The van der Waals surface area contributed by atoms with Gasteiger partial charge in [-0.1, -0.05) is 115 Å². The summed E-state index contributed by atoms with van der Waals surface area (Å²) >= 11 is 6.24. The van der Waals surface area contributed by atoms with Gasteiger partial charge in [-0.05, 0) is 196 Å². The monoisotopic (exact) mass is 1990 g/mol. The Morgan fingerprint density at radius 1 is 0.297 bits per heavy atom. The number of carbonyl (C=O) groups excluding carboxylic acids is 6. The van der Waals surface area contributed by atoms with Crippen molar-refractivity contribution >= 4 is 98.4 Å². The Morgan fingerprint density at radius 2 is 0.559 bits per heavy atom. The molecule has 37 heteroatoms. The average molecular weight is 2000 g/mol. The molecule has 1 aliphatic carbocycles. The third-order valence-electron chi connectivity index (χ3n) is 23.6. The van der Waals surface area contributed by atoms with Crippen LogP contribution in [0.3, 0.4) is 0 Å². The number of carbonyl (C=O) groups is 6. The highest BCUT2D eigenvalue weighted by Gasteiger charge is 2.27. The van der Waals surface area contributed by atoms with Crippen LogP contribution in [0.1, 0.15) is 224 Å². The van der Waals surface area contributed by atoms with E-state index in [0.29, 0.717) is 129 Å². The van der Waals surface area contributed by atoms with Crippen LogP contribution in [0.4, 0.5) is 30.2 Å². The Labute approximate surface area is 842 Å². The largest absolute Gasteiger partial charge is 0.461 e. The van der Waals surface area contributed by atoms with E-state index in [1.165, 1.54) is 50.3 Å². The van der Waals surface area contributed by atoms with E-state index in [0.717, 1.165) is 104 Å². The molecule has 0 saturated heterocycles. The van der Waals surface area contributed by atoms with E-state index in [2.05, 4.69) is 79.4 Å². The van der Waals surface area contributed by atoms with Crippen molar-refractivity contribution in [1.82, 2.24) is 87.6 Å². The first-order valence-corrected chi connectivity index (χ1v) is 48.9. The number of aromatic nitrogens is 18. The van der Waals surface area contributed by atoms with E-state index < -0.39 is 29.8 Å². The molecule has 5 aromatic carbocycles. The first kappa shape index (κ1) is 106. The minimum Gasteiger partial charge on any atom is -0.461 e. The van der Waals surface area contributed by atoms with Crippen molar-refractivity contribution in [2.24, 2.45) is 0 Å². The Balaban J connectivity index is 0.000000146. The standard InChI is InChI=1S/2C19H21FN4O2.C19H22N4O2.C17H16ClN3O2.C17H16FN3O2.C17H23N3O2/c2*1-5-12-10-17(19(25)26-6-2)21-18-11-16(22-24(12)18)14-8-7-13(23(3)4)9-15(14)20;1-5-14-11-17(19(24)25-6-2)20-18-12-16(21-23(14)18)13-7-9-15(10-8-13)22(3)4;2*1-3-11-9-15(17(22)23-4-2)19-16-10-14(20-21(11)16)12-7-5-6-8-13(12)18;1-3-13-10-15(17(21)22-4-2)18-16-11-14(19-20(13)16)12-8-6-5-7-9-12/h2*7-11H,5-6H2,1-4H3;7-12H,5-6H2,1-4H3;2*5-10H,3-4H2,1-2H3;10-12H,3-9H2,1-2H3. The van der Waals surface area contributed by atoms with E-state index >= 15 is 0 Å². The zero-order chi connectivity index (χ0) is 104. The number of halogens is 4. The van der Waals surface area contributed by atoms with Gasteiger partial charge in [0.25, 0.3) is 0 Å². The molecule has 12 aromatic heterocycles. The fourth-order valence-corrected chi connectivity index (χ4v) is 16.4. The lowest BCUT2D eigenvalue weighted by Crippen LogP contribution is -2.11. The number of aryl methyl sites for hydroxylation is 6. The van der Waals surface area contributed by atoms with Gasteiger partial charge < -0.3 is 43.1 Å². The van der Waals surface area contributed by atoms with Crippen LogP contribution in [0.2, 0.25) is 5.02 Å². The molecule has 0 unspecified atom stereocenters. The summed E-state index contributed by atoms with van der Waals surface area (Å²) in [5.41, 5.74) is 20.1. The number of fused-ring (bicyclic) bond motifs is 6. The van der Waals surface area contributed by atoms with E-state index in [1.807, 2.05) is 158 Å². The highest BCUT2D eigenvalue weighted by atomic mass is 35.5. The van der Waals surface area contributed by atoms with Crippen molar-refractivity contribution in [3.8, 4) is 56.3 Å². The second-order valence-electron chi connectivity index (χ2n) is 33.9. The van der Waals surface area contributed by atoms with Crippen LogP contribution < -0.4 is 14.7 Å². The molecule has 0 spiro atoms. The average Bonchev–Trinajstić information content (AvgIpc) is 1.60. The third-order valence-corrected chi connectivity index (χ3v) is 23.9. The summed E-state index contributed by atoms with van der Waals surface area (Å²) in [7, 11) is 11.4. The number of esters is 6. The molecule has 1 saturated carbocycles. The number of ether oxygens (including phenoxy) is 6. The second kappa shape index (κ2) is 49.2. The molecule has 0 amide bonds. The second-order valence-corrected chi connectivity index (χ2v) is 34.3. The normalized spacial score (nSPS) is 11.7. The van der Waals surface area contributed by atoms with Crippen LogP contribution in [0, 0.1) is 17.5 Å². The molecule has 756 valence electrons. The summed E-state index contributed by atoms with van der Waals surface area (Å²) < 4.78 is 83.6. The van der Waals surface area contributed by atoms with Gasteiger partial charge in [0.15, 0.2) is 68.0 Å². The number of hydrogen-bond acceptors (Lipinski definition) is 27. The zero-order valence-corrected chi connectivity index (χ0v) is 85.5. The first-order valence-electron chi connectivity index (χ1n) is 48.5. The van der Waals surface area contributed by atoms with Gasteiger partial charge in [-0.25, -0.2) is 98.9 Å². The molecule has 0 atom stereocenters. The van der Waals surface area contributed by atoms with Crippen molar-refractivity contribution in [1.29, 1.82) is 0 Å². The first-order chi connectivity index (χ1) is 69.9. The highest BCUT2D eigenvalue weighted by Crippen LogP contribution is 2.36. The van der Waals surface area contributed by atoms with E-state index in [1.54, 1.807) is 149 Å². The number of anilines is 3. The fourth-order valence-electron chi connectivity index (χ4n) is 16.1.